The van der Waals surface area contributed by atoms with E-state index >= 15 is 0 Å². The van der Waals surface area contributed by atoms with Gasteiger partial charge in [0, 0.05) is 22.8 Å². The van der Waals surface area contributed by atoms with Gasteiger partial charge in [0.15, 0.2) is 0 Å². The number of pyridine rings is 1. The van der Waals surface area contributed by atoms with Crippen molar-refractivity contribution in [2.24, 2.45) is 0 Å². The van der Waals surface area contributed by atoms with Crippen molar-refractivity contribution in [2.75, 3.05) is 5.32 Å². The van der Waals surface area contributed by atoms with Gasteiger partial charge < -0.3 is 10.3 Å². The van der Waals surface area contributed by atoms with Gasteiger partial charge in [0.25, 0.3) is 0 Å². The normalized spacial score (nSPS) is 11.0. The molecule has 4 rings (SSSR count). The minimum atomic E-state index is 0.881. The predicted molar refractivity (Wildman–Crippen MR) is 83.3 cm³/mol. The summed E-state index contributed by atoms with van der Waals surface area (Å²) in [4.78, 5) is 7.92. The van der Waals surface area contributed by atoms with Crippen molar-refractivity contribution < 1.29 is 0 Å². The maximum atomic E-state index is 4.49. The molecule has 96 valence electrons. The first-order chi connectivity index (χ1) is 9.92. The molecule has 2 aromatic carbocycles. The Kier molecular flexibility index (Phi) is 2.42. The Bertz CT molecular complexity index is 878. The maximum absolute atomic E-state index is 4.49. The lowest BCUT2D eigenvalue weighted by molar-refractivity contribution is 1.34. The molecular weight excluding hydrogens is 246 g/mol. The molecule has 0 aliphatic carbocycles. The largest absolute Gasteiger partial charge is 0.354 e. The van der Waals surface area contributed by atoms with Crippen molar-refractivity contribution >= 4 is 33.3 Å². The fraction of sp³-hybridized carbons (Fsp3) is 0. The van der Waals surface area contributed by atoms with Gasteiger partial charge in [0.1, 0.15) is 5.82 Å². The molecule has 2 N–H and O–H groups in total. The van der Waals surface area contributed by atoms with E-state index in [1.165, 1.54) is 5.39 Å². The van der Waals surface area contributed by atoms with Crippen LogP contribution < -0.4 is 5.32 Å². The Hall–Kier alpha value is -2.81. The van der Waals surface area contributed by atoms with E-state index in [2.05, 4.69) is 33.5 Å². The van der Waals surface area contributed by atoms with Gasteiger partial charge in [-0.2, -0.15) is 0 Å². The second-order valence-corrected chi connectivity index (χ2v) is 4.74. The van der Waals surface area contributed by atoms with Gasteiger partial charge >= 0.3 is 0 Å². The molecule has 3 heteroatoms. The molecule has 0 unspecified atom stereocenters. The summed E-state index contributed by atoms with van der Waals surface area (Å²) in [5.41, 5.74) is 3.27. The van der Waals surface area contributed by atoms with Crippen LogP contribution >= 0.6 is 0 Å². The maximum Gasteiger partial charge on any atom is 0.140 e. The average Bonchev–Trinajstić information content (AvgIpc) is 2.88. The molecule has 0 atom stereocenters. The first-order valence-corrected chi connectivity index (χ1v) is 6.59. The summed E-state index contributed by atoms with van der Waals surface area (Å²) in [6.07, 6.45) is 1.82. The van der Waals surface area contributed by atoms with Crippen LogP contribution in [-0.2, 0) is 0 Å². The Morgan fingerprint density at radius 3 is 2.50 bits per heavy atom. The van der Waals surface area contributed by atoms with Gasteiger partial charge in [-0.3, -0.25) is 0 Å². The van der Waals surface area contributed by atoms with Crippen LogP contribution in [0, 0.1) is 0 Å². The van der Waals surface area contributed by atoms with Gasteiger partial charge in [-0.05, 0) is 24.3 Å². The number of hydrogen-bond acceptors (Lipinski definition) is 2. The van der Waals surface area contributed by atoms with E-state index in [4.69, 9.17) is 0 Å². The third-order valence-corrected chi connectivity index (χ3v) is 3.45. The van der Waals surface area contributed by atoms with Gasteiger partial charge in [-0.15, -0.1) is 0 Å². The van der Waals surface area contributed by atoms with E-state index < -0.39 is 0 Å². The molecule has 0 fully saturated rings. The van der Waals surface area contributed by atoms with E-state index in [0.717, 1.165) is 27.9 Å². The van der Waals surface area contributed by atoms with Crippen molar-refractivity contribution in [3.8, 4) is 0 Å². The summed E-state index contributed by atoms with van der Waals surface area (Å²) >= 11 is 0. The molecular formula is C17H13N3. The average molecular weight is 259 g/mol. The van der Waals surface area contributed by atoms with Crippen molar-refractivity contribution in [1.82, 2.24) is 9.97 Å². The molecule has 0 saturated carbocycles. The van der Waals surface area contributed by atoms with Crippen LogP contribution in [0.5, 0.6) is 0 Å². The number of para-hydroxylation sites is 2. The zero-order chi connectivity index (χ0) is 13.4. The van der Waals surface area contributed by atoms with Crippen LogP contribution in [0.1, 0.15) is 0 Å². The molecule has 3 nitrogen and oxygen atoms in total. The topological polar surface area (TPSA) is 40.7 Å². The molecule has 0 aliphatic rings. The quantitative estimate of drug-likeness (QED) is 0.558. The number of nitrogens with one attached hydrogen (secondary N) is 2. The van der Waals surface area contributed by atoms with Crippen molar-refractivity contribution in [1.29, 1.82) is 0 Å². The highest BCUT2D eigenvalue weighted by Crippen LogP contribution is 2.31. The molecule has 0 bridgehead atoms. The third-order valence-electron chi connectivity index (χ3n) is 3.45. The number of fused-ring (bicyclic) bond motifs is 3. The van der Waals surface area contributed by atoms with Crippen LogP contribution in [0.3, 0.4) is 0 Å². The van der Waals surface area contributed by atoms with Gasteiger partial charge in [0.2, 0.25) is 0 Å². The van der Waals surface area contributed by atoms with Gasteiger partial charge in [0.05, 0.1) is 10.9 Å². The molecule has 0 radical (unpaired) electrons. The standard InChI is InChI=1S/C17H13N3/c1-2-6-12(7-3-1)19-17-16-13-8-4-5-9-14(13)20-15(16)10-11-18-17/h1-11,20H,(H,18,19). The molecule has 0 saturated heterocycles. The zero-order valence-corrected chi connectivity index (χ0v) is 10.8. The summed E-state index contributed by atoms with van der Waals surface area (Å²) in [7, 11) is 0. The fourth-order valence-corrected chi connectivity index (χ4v) is 2.55. The summed E-state index contributed by atoms with van der Waals surface area (Å²) in [5.74, 6) is 0.881. The SMILES string of the molecule is c1ccc(Nc2nccc3[nH]c4ccccc4c23)cc1. The van der Waals surface area contributed by atoms with E-state index in [1.54, 1.807) is 0 Å². The van der Waals surface area contributed by atoms with Crippen LogP contribution in [0.15, 0.2) is 66.9 Å². The van der Waals surface area contributed by atoms with Crippen LogP contribution in [0.2, 0.25) is 0 Å². The minimum Gasteiger partial charge on any atom is -0.354 e. The number of aromatic nitrogens is 2. The smallest absolute Gasteiger partial charge is 0.140 e. The predicted octanol–water partition coefficient (Wildman–Crippen LogP) is 4.46. The summed E-state index contributed by atoms with van der Waals surface area (Å²) in [6, 6.07) is 20.4. The number of benzene rings is 2. The monoisotopic (exact) mass is 259 g/mol. The molecule has 2 heterocycles. The molecule has 4 aromatic rings. The number of rotatable bonds is 2. The van der Waals surface area contributed by atoms with Crippen LogP contribution in [-0.4, -0.2) is 9.97 Å². The lowest BCUT2D eigenvalue weighted by Crippen LogP contribution is -1.93. The number of hydrogen-bond donors (Lipinski definition) is 2. The second-order valence-electron chi connectivity index (χ2n) is 4.74. The van der Waals surface area contributed by atoms with E-state index in [9.17, 15) is 0 Å². The minimum absolute atomic E-state index is 0.881. The van der Waals surface area contributed by atoms with Crippen molar-refractivity contribution in [3.63, 3.8) is 0 Å². The second kappa shape index (κ2) is 4.38. The zero-order valence-electron chi connectivity index (χ0n) is 10.8. The Balaban J connectivity index is 1.95. The number of aromatic amines is 1. The highest BCUT2D eigenvalue weighted by molar-refractivity contribution is 6.12. The third kappa shape index (κ3) is 1.72. The number of H-pyrrole nitrogens is 1. The van der Waals surface area contributed by atoms with Crippen LogP contribution in [0.4, 0.5) is 11.5 Å². The first-order valence-electron chi connectivity index (χ1n) is 6.59. The molecule has 2 aromatic heterocycles. The van der Waals surface area contributed by atoms with Gasteiger partial charge in [-0.1, -0.05) is 36.4 Å². The fourth-order valence-electron chi connectivity index (χ4n) is 2.55. The Morgan fingerprint density at radius 1 is 0.800 bits per heavy atom. The first kappa shape index (κ1) is 11.1. The van der Waals surface area contributed by atoms with E-state index in [1.807, 2.05) is 48.7 Å². The highest BCUT2D eigenvalue weighted by atomic mass is 15.0. The van der Waals surface area contributed by atoms with Crippen LogP contribution in [0.25, 0.3) is 21.8 Å². The van der Waals surface area contributed by atoms with Crippen molar-refractivity contribution in [3.05, 3.63) is 66.9 Å². The highest BCUT2D eigenvalue weighted by Gasteiger charge is 2.09. The molecule has 0 amide bonds. The lowest BCUT2D eigenvalue weighted by Gasteiger charge is -2.06. The number of anilines is 2. The number of nitrogens with zero attached hydrogens (tertiary/aromatic N) is 1. The summed E-state index contributed by atoms with van der Waals surface area (Å²) in [6.45, 7) is 0. The summed E-state index contributed by atoms with van der Waals surface area (Å²) in [5, 5.41) is 5.71. The van der Waals surface area contributed by atoms with E-state index in [-0.39, 0.29) is 0 Å². The lowest BCUT2D eigenvalue weighted by atomic mass is 10.2. The molecule has 0 aliphatic heterocycles. The van der Waals surface area contributed by atoms with Gasteiger partial charge in [-0.25, -0.2) is 4.98 Å². The Labute approximate surface area is 116 Å². The molecule has 20 heavy (non-hydrogen) atoms. The van der Waals surface area contributed by atoms with E-state index in [0.29, 0.717) is 0 Å². The summed E-state index contributed by atoms with van der Waals surface area (Å²) < 4.78 is 0. The van der Waals surface area contributed by atoms with Crippen molar-refractivity contribution in [2.45, 2.75) is 0 Å². The molecule has 0 spiro atoms. The Morgan fingerprint density at radius 2 is 1.60 bits per heavy atom.